The van der Waals surface area contributed by atoms with Gasteiger partial charge in [0.25, 0.3) is 5.69 Å². The second kappa shape index (κ2) is 7.48. The van der Waals surface area contributed by atoms with Gasteiger partial charge in [0, 0.05) is 37.0 Å². The van der Waals surface area contributed by atoms with E-state index in [9.17, 15) is 14.5 Å². The Morgan fingerprint density at radius 1 is 1.20 bits per heavy atom. The van der Waals surface area contributed by atoms with Gasteiger partial charge < -0.3 is 15.0 Å². The maximum absolute atomic E-state index is 13.4. The number of benzene rings is 2. The van der Waals surface area contributed by atoms with Crippen LogP contribution >= 0.6 is 0 Å². The molecule has 0 aliphatic carbocycles. The number of anilines is 2. The Balaban J connectivity index is 1.74. The van der Waals surface area contributed by atoms with Gasteiger partial charge in [0.05, 0.1) is 18.1 Å². The minimum atomic E-state index is -0.518. The number of nitro benzene ring substituents is 1. The summed E-state index contributed by atoms with van der Waals surface area (Å²) in [5.74, 6) is -0.511. The van der Waals surface area contributed by atoms with E-state index < -0.39 is 10.7 Å². The fourth-order valence-electron chi connectivity index (χ4n) is 2.90. The van der Waals surface area contributed by atoms with Crippen molar-refractivity contribution in [3.05, 3.63) is 64.0 Å². The van der Waals surface area contributed by atoms with Gasteiger partial charge in [0.2, 0.25) is 0 Å². The first-order valence-electron chi connectivity index (χ1n) is 8.18. The number of nitro groups is 1. The van der Waals surface area contributed by atoms with Crippen LogP contribution in [0.4, 0.5) is 21.5 Å². The molecule has 1 aliphatic rings. The van der Waals surface area contributed by atoms with Crippen molar-refractivity contribution >= 4 is 17.1 Å². The number of hydrogen-bond donors (Lipinski definition) is 1. The molecule has 7 heteroatoms. The fraction of sp³-hybridized carbons (Fsp3) is 0.333. The summed E-state index contributed by atoms with van der Waals surface area (Å²) < 4.78 is 18.8. The second-order valence-corrected chi connectivity index (χ2v) is 5.98. The predicted octanol–water partition coefficient (Wildman–Crippen LogP) is 3.74. The molecule has 0 amide bonds. The number of morpholine rings is 1. The van der Waals surface area contributed by atoms with Crippen LogP contribution in [0.1, 0.15) is 18.5 Å². The Bertz CT molecular complexity index is 746. The van der Waals surface area contributed by atoms with Crippen LogP contribution in [-0.2, 0) is 4.74 Å². The molecule has 0 radical (unpaired) electrons. The van der Waals surface area contributed by atoms with Crippen molar-refractivity contribution in [3.63, 3.8) is 0 Å². The van der Waals surface area contributed by atoms with Crippen LogP contribution in [0.5, 0.6) is 0 Å². The highest BCUT2D eigenvalue weighted by molar-refractivity contribution is 5.62. The highest BCUT2D eigenvalue weighted by Gasteiger charge is 2.17. The number of ether oxygens (including phenoxy) is 1. The normalized spacial score (nSPS) is 15.7. The van der Waals surface area contributed by atoms with E-state index in [1.54, 1.807) is 0 Å². The van der Waals surface area contributed by atoms with Crippen molar-refractivity contribution in [3.8, 4) is 0 Å². The maximum atomic E-state index is 13.4. The van der Waals surface area contributed by atoms with E-state index in [1.807, 2.05) is 31.2 Å². The Morgan fingerprint density at radius 3 is 2.52 bits per heavy atom. The summed E-state index contributed by atoms with van der Waals surface area (Å²) in [7, 11) is 0. The van der Waals surface area contributed by atoms with Crippen LogP contribution in [0, 0.1) is 15.9 Å². The van der Waals surface area contributed by atoms with E-state index in [0.29, 0.717) is 0 Å². The van der Waals surface area contributed by atoms with Crippen LogP contribution in [0.2, 0.25) is 0 Å². The molecule has 2 aromatic carbocycles. The van der Waals surface area contributed by atoms with Crippen LogP contribution < -0.4 is 10.2 Å². The van der Waals surface area contributed by atoms with Crippen molar-refractivity contribution in [1.82, 2.24) is 0 Å². The predicted molar refractivity (Wildman–Crippen MR) is 94.6 cm³/mol. The highest BCUT2D eigenvalue weighted by Crippen LogP contribution is 2.29. The summed E-state index contributed by atoms with van der Waals surface area (Å²) in [5.41, 5.74) is 2.12. The molecular weight excluding hydrogens is 325 g/mol. The summed E-state index contributed by atoms with van der Waals surface area (Å²) in [5, 5.41) is 14.1. The first-order valence-corrected chi connectivity index (χ1v) is 8.18. The zero-order valence-corrected chi connectivity index (χ0v) is 13.9. The van der Waals surface area contributed by atoms with Crippen LogP contribution in [0.15, 0.2) is 42.5 Å². The zero-order chi connectivity index (χ0) is 17.8. The quantitative estimate of drug-likeness (QED) is 0.660. The molecular formula is C18H20FN3O3. The molecule has 0 aromatic heterocycles. The minimum absolute atomic E-state index is 0.141. The van der Waals surface area contributed by atoms with Gasteiger partial charge in [-0.2, -0.15) is 0 Å². The third-order valence-electron chi connectivity index (χ3n) is 4.30. The van der Waals surface area contributed by atoms with Gasteiger partial charge in [-0.25, -0.2) is 4.39 Å². The second-order valence-electron chi connectivity index (χ2n) is 5.98. The lowest BCUT2D eigenvalue weighted by Crippen LogP contribution is -2.36. The maximum Gasteiger partial charge on any atom is 0.292 e. The van der Waals surface area contributed by atoms with E-state index in [1.165, 1.54) is 6.07 Å². The molecule has 0 saturated carbocycles. The lowest BCUT2D eigenvalue weighted by atomic mass is 10.1. The average Bonchev–Trinajstić information content (AvgIpc) is 2.62. The summed E-state index contributed by atoms with van der Waals surface area (Å²) in [4.78, 5) is 12.8. The number of hydrogen-bond acceptors (Lipinski definition) is 5. The molecule has 1 unspecified atom stereocenters. The Hall–Kier alpha value is -2.67. The minimum Gasteiger partial charge on any atom is -0.378 e. The zero-order valence-electron chi connectivity index (χ0n) is 13.9. The van der Waals surface area contributed by atoms with Crippen molar-refractivity contribution < 1.29 is 14.1 Å². The Kier molecular flexibility index (Phi) is 5.14. The summed E-state index contributed by atoms with van der Waals surface area (Å²) in [6, 6.07) is 11.2. The topological polar surface area (TPSA) is 67.6 Å². The van der Waals surface area contributed by atoms with E-state index in [0.717, 1.165) is 49.7 Å². The molecule has 1 fully saturated rings. The third-order valence-corrected chi connectivity index (χ3v) is 4.30. The van der Waals surface area contributed by atoms with Gasteiger partial charge in [-0.05, 0) is 30.7 Å². The molecule has 1 N–H and O–H groups in total. The standard InChI is InChI=1S/C18H20FN3O3/c1-13(20-17-12-15(19)4-7-18(17)22(23)24)14-2-5-16(6-3-14)21-8-10-25-11-9-21/h2-7,12-13,20H,8-11H2,1H3. The van der Waals surface area contributed by atoms with Gasteiger partial charge >= 0.3 is 0 Å². The number of nitrogens with one attached hydrogen (secondary N) is 1. The van der Waals surface area contributed by atoms with Gasteiger partial charge in [-0.3, -0.25) is 10.1 Å². The van der Waals surface area contributed by atoms with E-state index >= 15 is 0 Å². The molecule has 132 valence electrons. The van der Waals surface area contributed by atoms with E-state index in [4.69, 9.17) is 4.74 Å². The molecule has 1 saturated heterocycles. The van der Waals surface area contributed by atoms with Gasteiger partial charge in [0.15, 0.2) is 0 Å². The van der Waals surface area contributed by atoms with E-state index in [-0.39, 0.29) is 17.4 Å². The molecule has 1 heterocycles. The smallest absolute Gasteiger partial charge is 0.292 e. The van der Waals surface area contributed by atoms with Gasteiger partial charge in [0.1, 0.15) is 11.5 Å². The van der Waals surface area contributed by atoms with Crippen molar-refractivity contribution in [1.29, 1.82) is 0 Å². The molecule has 3 rings (SSSR count). The van der Waals surface area contributed by atoms with Crippen molar-refractivity contribution in [2.75, 3.05) is 36.5 Å². The van der Waals surface area contributed by atoms with Crippen molar-refractivity contribution in [2.24, 2.45) is 0 Å². The summed E-state index contributed by atoms with van der Waals surface area (Å²) >= 11 is 0. The van der Waals surface area contributed by atoms with E-state index in [2.05, 4.69) is 10.2 Å². The highest BCUT2D eigenvalue weighted by atomic mass is 19.1. The summed E-state index contributed by atoms with van der Waals surface area (Å²) in [6.07, 6.45) is 0. The largest absolute Gasteiger partial charge is 0.378 e. The molecule has 0 bridgehead atoms. The SMILES string of the molecule is CC(Nc1cc(F)ccc1[N+](=O)[O-])c1ccc(N2CCOCC2)cc1. The monoisotopic (exact) mass is 345 g/mol. The van der Waals surface area contributed by atoms with Crippen molar-refractivity contribution in [2.45, 2.75) is 13.0 Å². The number of rotatable bonds is 5. The lowest BCUT2D eigenvalue weighted by Gasteiger charge is -2.29. The van der Waals surface area contributed by atoms with Crippen LogP contribution in [0.25, 0.3) is 0 Å². The molecule has 25 heavy (non-hydrogen) atoms. The lowest BCUT2D eigenvalue weighted by molar-refractivity contribution is -0.384. The number of nitrogens with zero attached hydrogens (tertiary/aromatic N) is 2. The van der Waals surface area contributed by atoms with Gasteiger partial charge in [-0.1, -0.05) is 12.1 Å². The Labute approximate surface area is 145 Å². The molecule has 1 atom stereocenters. The third kappa shape index (κ3) is 4.06. The van der Waals surface area contributed by atoms with Crippen LogP contribution in [0.3, 0.4) is 0 Å². The molecule has 6 nitrogen and oxygen atoms in total. The first kappa shape index (κ1) is 17.2. The summed E-state index contributed by atoms with van der Waals surface area (Å²) in [6.45, 7) is 5.07. The number of halogens is 1. The van der Waals surface area contributed by atoms with Gasteiger partial charge in [-0.15, -0.1) is 0 Å². The average molecular weight is 345 g/mol. The molecule has 0 spiro atoms. The fourth-order valence-corrected chi connectivity index (χ4v) is 2.90. The Morgan fingerprint density at radius 2 is 1.88 bits per heavy atom. The molecule has 2 aromatic rings. The molecule has 1 aliphatic heterocycles. The first-order chi connectivity index (χ1) is 12.0. The van der Waals surface area contributed by atoms with Crippen LogP contribution in [-0.4, -0.2) is 31.2 Å².